The fourth-order valence-corrected chi connectivity index (χ4v) is 4.19. The molecule has 2 aromatic carbocycles. The third kappa shape index (κ3) is 3.18. The van der Waals surface area contributed by atoms with Crippen LogP contribution >= 0.6 is 0 Å². The molecule has 148 valence electrons. The molecule has 0 spiro atoms. The van der Waals surface area contributed by atoms with Crippen molar-refractivity contribution in [1.82, 2.24) is 15.0 Å². The van der Waals surface area contributed by atoms with Gasteiger partial charge in [-0.1, -0.05) is 36.4 Å². The summed E-state index contributed by atoms with van der Waals surface area (Å²) in [5.74, 6) is -0.857. The summed E-state index contributed by atoms with van der Waals surface area (Å²) < 4.78 is 1.84. The van der Waals surface area contributed by atoms with Gasteiger partial charge in [0.15, 0.2) is 0 Å². The standard InChI is InChI=1S/C22H27N3O3/c1-5-22(12-20(27)28,17-8-7-14(3)16(11-17)13-26)18-9-10-19-21(15(18)4)23-24-25(19)6-2/h7-11,26H,5-6,12-13H2,1-4H3,(H,27,28). The molecule has 0 saturated carbocycles. The average molecular weight is 381 g/mol. The Morgan fingerprint density at radius 2 is 1.93 bits per heavy atom. The van der Waals surface area contributed by atoms with E-state index in [-0.39, 0.29) is 13.0 Å². The number of aliphatic hydroxyl groups excluding tert-OH is 1. The molecule has 1 heterocycles. The number of hydrogen-bond donors (Lipinski definition) is 2. The van der Waals surface area contributed by atoms with E-state index >= 15 is 0 Å². The van der Waals surface area contributed by atoms with Crippen molar-refractivity contribution in [2.24, 2.45) is 0 Å². The molecule has 0 bridgehead atoms. The highest BCUT2D eigenvalue weighted by Gasteiger charge is 2.37. The zero-order valence-corrected chi connectivity index (χ0v) is 16.9. The van der Waals surface area contributed by atoms with Crippen molar-refractivity contribution in [3.8, 4) is 0 Å². The molecule has 28 heavy (non-hydrogen) atoms. The number of aryl methyl sites for hydroxylation is 3. The summed E-state index contributed by atoms with van der Waals surface area (Å²) in [6.45, 7) is 8.60. The maximum absolute atomic E-state index is 11.9. The Labute approximate surface area is 164 Å². The quantitative estimate of drug-likeness (QED) is 0.651. The Morgan fingerprint density at radius 1 is 1.18 bits per heavy atom. The van der Waals surface area contributed by atoms with Gasteiger partial charge < -0.3 is 10.2 Å². The van der Waals surface area contributed by atoms with Gasteiger partial charge in [-0.15, -0.1) is 5.10 Å². The van der Waals surface area contributed by atoms with Gasteiger partial charge in [-0.2, -0.15) is 0 Å². The van der Waals surface area contributed by atoms with Crippen LogP contribution in [0.5, 0.6) is 0 Å². The molecule has 0 aliphatic rings. The Kier molecular flexibility index (Phi) is 5.52. The summed E-state index contributed by atoms with van der Waals surface area (Å²) in [5.41, 5.74) is 5.64. The molecule has 1 atom stereocenters. The van der Waals surface area contributed by atoms with Crippen LogP contribution in [0.15, 0.2) is 30.3 Å². The van der Waals surface area contributed by atoms with Crippen LogP contribution in [-0.4, -0.2) is 31.2 Å². The minimum atomic E-state index is -0.857. The van der Waals surface area contributed by atoms with E-state index in [0.29, 0.717) is 6.42 Å². The minimum Gasteiger partial charge on any atom is -0.481 e. The Morgan fingerprint density at radius 3 is 2.54 bits per heavy atom. The first-order valence-electron chi connectivity index (χ1n) is 9.63. The maximum atomic E-state index is 11.9. The number of hydrogen-bond acceptors (Lipinski definition) is 4. The van der Waals surface area contributed by atoms with Gasteiger partial charge in [-0.25, -0.2) is 4.68 Å². The first-order chi connectivity index (χ1) is 13.4. The number of carbonyl (C=O) groups is 1. The largest absolute Gasteiger partial charge is 0.481 e. The lowest BCUT2D eigenvalue weighted by Crippen LogP contribution is -2.31. The summed E-state index contributed by atoms with van der Waals surface area (Å²) in [6, 6.07) is 9.86. The summed E-state index contributed by atoms with van der Waals surface area (Å²) in [6.07, 6.45) is 0.577. The van der Waals surface area contributed by atoms with Crippen LogP contribution in [0.3, 0.4) is 0 Å². The van der Waals surface area contributed by atoms with E-state index in [1.165, 1.54) is 0 Å². The number of carboxylic acid groups (broad SMARTS) is 1. The molecule has 0 amide bonds. The Hall–Kier alpha value is -2.73. The Bertz CT molecular complexity index is 1030. The van der Waals surface area contributed by atoms with Crippen molar-refractivity contribution >= 4 is 17.0 Å². The van der Waals surface area contributed by atoms with E-state index in [4.69, 9.17) is 0 Å². The molecule has 2 N–H and O–H groups in total. The van der Waals surface area contributed by atoms with Crippen LogP contribution in [0, 0.1) is 13.8 Å². The fourth-order valence-electron chi connectivity index (χ4n) is 4.19. The molecule has 0 aliphatic heterocycles. The topological polar surface area (TPSA) is 88.2 Å². The number of aliphatic carboxylic acids is 1. The fraction of sp³-hybridized carbons (Fsp3) is 0.409. The predicted molar refractivity (Wildman–Crippen MR) is 108 cm³/mol. The van der Waals surface area contributed by atoms with Crippen LogP contribution in [0.4, 0.5) is 0 Å². The molecule has 0 radical (unpaired) electrons. The van der Waals surface area contributed by atoms with E-state index in [9.17, 15) is 15.0 Å². The van der Waals surface area contributed by atoms with Gasteiger partial charge in [0, 0.05) is 12.0 Å². The summed E-state index contributed by atoms with van der Waals surface area (Å²) >= 11 is 0. The SMILES string of the molecule is CCn1nnc2c(C)c(C(CC)(CC(=O)O)c3ccc(C)c(CO)c3)ccc21. The highest BCUT2D eigenvalue weighted by atomic mass is 16.4. The molecule has 1 aromatic heterocycles. The smallest absolute Gasteiger partial charge is 0.304 e. The van der Waals surface area contributed by atoms with Crippen molar-refractivity contribution in [2.45, 2.75) is 59.1 Å². The van der Waals surface area contributed by atoms with Crippen LogP contribution in [-0.2, 0) is 23.4 Å². The van der Waals surface area contributed by atoms with Gasteiger partial charge in [-0.3, -0.25) is 4.79 Å². The van der Waals surface area contributed by atoms with E-state index in [0.717, 1.165) is 45.4 Å². The second kappa shape index (κ2) is 7.72. The van der Waals surface area contributed by atoms with Gasteiger partial charge in [0.05, 0.1) is 18.5 Å². The van der Waals surface area contributed by atoms with Crippen LogP contribution < -0.4 is 0 Å². The van der Waals surface area contributed by atoms with Crippen molar-refractivity contribution in [3.63, 3.8) is 0 Å². The van der Waals surface area contributed by atoms with Crippen molar-refractivity contribution < 1.29 is 15.0 Å². The zero-order chi connectivity index (χ0) is 20.5. The normalized spacial score (nSPS) is 13.6. The molecule has 0 fully saturated rings. The molecule has 3 rings (SSSR count). The van der Waals surface area contributed by atoms with E-state index < -0.39 is 11.4 Å². The van der Waals surface area contributed by atoms with E-state index in [1.54, 1.807) is 0 Å². The molecular formula is C22H27N3O3. The summed E-state index contributed by atoms with van der Waals surface area (Å²) in [5, 5.41) is 28.0. The van der Waals surface area contributed by atoms with E-state index in [1.807, 2.05) is 62.7 Å². The molecule has 0 aliphatic carbocycles. The number of fused-ring (bicyclic) bond motifs is 1. The number of nitrogens with zero attached hydrogens (tertiary/aromatic N) is 3. The van der Waals surface area contributed by atoms with Crippen molar-refractivity contribution in [3.05, 3.63) is 58.1 Å². The number of aromatic nitrogens is 3. The number of aliphatic hydroxyl groups is 1. The molecule has 0 saturated heterocycles. The third-order valence-corrected chi connectivity index (χ3v) is 5.88. The molecule has 1 unspecified atom stereocenters. The van der Waals surface area contributed by atoms with Crippen LogP contribution in [0.25, 0.3) is 11.0 Å². The third-order valence-electron chi connectivity index (χ3n) is 5.88. The lowest BCUT2D eigenvalue weighted by atomic mass is 9.68. The van der Waals surface area contributed by atoms with Gasteiger partial charge in [0.1, 0.15) is 5.52 Å². The highest BCUT2D eigenvalue weighted by Crippen LogP contribution is 2.42. The van der Waals surface area contributed by atoms with Gasteiger partial charge in [0.2, 0.25) is 0 Å². The second-order valence-electron chi connectivity index (χ2n) is 7.32. The highest BCUT2D eigenvalue weighted by molar-refractivity contribution is 5.81. The molecule has 6 heteroatoms. The first kappa shape index (κ1) is 20.0. The van der Waals surface area contributed by atoms with Gasteiger partial charge in [0.25, 0.3) is 0 Å². The second-order valence-corrected chi connectivity index (χ2v) is 7.32. The molecular weight excluding hydrogens is 354 g/mol. The number of carboxylic acids is 1. The van der Waals surface area contributed by atoms with Crippen molar-refractivity contribution in [2.75, 3.05) is 0 Å². The van der Waals surface area contributed by atoms with Gasteiger partial charge in [-0.05, 0) is 61.1 Å². The van der Waals surface area contributed by atoms with Crippen molar-refractivity contribution in [1.29, 1.82) is 0 Å². The van der Waals surface area contributed by atoms with Crippen LogP contribution in [0.2, 0.25) is 0 Å². The lowest BCUT2D eigenvalue weighted by molar-refractivity contribution is -0.138. The predicted octanol–water partition coefficient (Wildman–Crippen LogP) is 3.73. The van der Waals surface area contributed by atoms with Crippen LogP contribution in [0.1, 0.15) is 54.5 Å². The summed E-state index contributed by atoms with van der Waals surface area (Å²) in [7, 11) is 0. The maximum Gasteiger partial charge on any atom is 0.304 e. The van der Waals surface area contributed by atoms with Gasteiger partial charge >= 0.3 is 5.97 Å². The minimum absolute atomic E-state index is 0.0360. The molecule has 3 aromatic rings. The Balaban J connectivity index is 2.30. The zero-order valence-electron chi connectivity index (χ0n) is 16.9. The number of rotatable bonds is 7. The summed E-state index contributed by atoms with van der Waals surface area (Å²) in [4.78, 5) is 11.9. The lowest BCUT2D eigenvalue weighted by Gasteiger charge is -2.34. The average Bonchev–Trinajstić information content (AvgIpc) is 3.11. The first-order valence-corrected chi connectivity index (χ1v) is 9.63. The monoisotopic (exact) mass is 381 g/mol. The van der Waals surface area contributed by atoms with E-state index in [2.05, 4.69) is 10.3 Å². The number of benzene rings is 2. The molecule has 6 nitrogen and oxygen atoms in total.